The number of nitrogens with zero attached hydrogens (tertiary/aromatic N) is 1. The Bertz CT molecular complexity index is 389. The molecule has 0 radical (unpaired) electrons. The zero-order valence-electron chi connectivity index (χ0n) is 20.8. The lowest BCUT2D eigenvalue weighted by Crippen LogP contribution is -2.21. The van der Waals surface area contributed by atoms with E-state index in [4.69, 9.17) is 5.73 Å². The minimum absolute atomic E-state index is 0.0559. The van der Waals surface area contributed by atoms with Gasteiger partial charge >= 0.3 is 0 Å². The van der Waals surface area contributed by atoms with Crippen LogP contribution in [0.25, 0.3) is 0 Å². The van der Waals surface area contributed by atoms with E-state index < -0.39 is 0 Å². The number of aliphatic imine (C=N–C) groups is 1. The van der Waals surface area contributed by atoms with Crippen LogP contribution in [-0.4, -0.2) is 18.3 Å². The summed E-state index contributed by atoms with van der Waals surface area (Å²) in [4.78, 5) is 4.54. The van der Waals surface area contributed by atoms with Crippen molar-refractivity contribution in [2.45, 2.75) is 108 Å². The molecule has 0 atom stereocenters. The summed E-state index contributed by atoms with van der Waals surface area (Å²) >= 11 is 0. The van der Waals surface area contributed by atoms with Crippen molar-refractivity contribution in [3.8, 4) is 0 Å². The molecule has 2 heteroatoms. The quantitative estimate of drug-likeness (QED) is 0.515. The van der Waals surface area contributed by atoms with Crippen LogP contribution in [0.1, 0.15) is 107 Å². The molecule has 0 bridgehead atoms. The molecule has 0 spiro atoms. The molecular formula is C25H52N2. The Balaban J connectivity index is -0.000000183. The fraction of sp³-hybridized carbons (Fsp3) is 0.720. The molecule has 0 aliphatic carbocycles. The average molecular weight is 381 g/mol. The molecule has 0 aliphatic heterocycles. The van der Waals surface area contributed by atoms with Gasteiger partial charge in [-0.1, -0.05) is 105 Å². The number of aryl methyl sites for hydroxylation is 1. The van der Waals surface area contributed by atoms with Crippen molar-refractivity contribution in [2.75, 3.05) is 6.54 Å². The first-order valence-electron chi connectivity index (χ1n) is 11.0. The van der Waals surface area contributed by atoms with Gasteiger partial charge in [0.25, 0.3) is 0 Å². The predicted octanol–water partition coefficient (Wildman–Crippen LogP) is 8.06. The van der Waals surface area contributed by atoms with Crippen LogP contribution in [0.15, 0.2) is 29.3 Å². The summed E-state index contributed by atoms with van der Waals surface area (Å²) in [6.45, 7) is 25.9. The van der Waals surface area contributed by atoms with E-state index in [1.165, 1.54) is 18.4 Å². The number of rotatable bonds is 5. The maximum atomic E-state index is 5.53. The second kappa shape index (κ2) is 24.8. The third kappa shape index (κ3) is 29.8. The van der Waals surface area contributed by atoms with Gasteiger partial charge in [0.15, 0.2) is 0 Å². The second-order valence-corrected chi connectivity index (χ2v) is 7.03. The molecule has 0 saturated heterocycles. The molecule has 1 aromatic rings. The lowest BCUT2D eigenvalue weighted by Gasteiger charge is -2.17. The first kappa shape index (κ1) is 33.4. The SMILES string of the molecule is CC.CC.CCC.CCC(C)C.Cc1ccc(C=NC(C)(C)CCN)cc1. The van der Waals surface area contributed by atoms with Gasteiger partial charge in [-0.2, -0.15) is 0 Å². The van der Waals surface area contributed by atoms with Gasteiger partial charge < -0.3 is 5.73 Å². The summed E-state index contributed by atoms with van der Waals surface area (Å²) in [7, 11) is 0. The van der Waals surface area contributed by atoms with Crippen molar-refractivity contribution in [1.82, 2.24) is 0 Å². The summed E-state index contributed by atoms with van der Waals surface area (Å²) in [5, 5.41) is 0. The van der Waals surface area contributed by atoms with Gasteiger partial charge in [0, 0.05) is 6.21 Å². The van der Waals surface area contributed by atoms with E-state index >= 15 is 0 Å². The lowest BCUT2D eigenvalue weighted by molar-refractivity contribution is 0.489. The van der Waals surface area contributed by atoms with Crippen molar-refractivity contribution in [3.63, 3.8) is 0 Å². The van der Waals surface area contributed by atoms with E-state index in [9.17, 15) is 0 Å². The standard InChI is InChI=1S/C13H20N2.C5H12.C3H8.2C2H6/c1-11-4-6-12(7-5-11)10-15-13(2,3)8-9-14;1-4-5(2)3;1-3-2;2*1-2/h4-7,10H,8-9,14H2,1-3H3;5H,4H2,1-3H3;3H2,1-2H3;2*1-2H3. The third-order valence-corrected chi connectivity index (χ3v) is 3.21. The highest BCUT2D eigenvalue weighted by molar-refractivity contribution is 5.79. The molecule has 0 saturated carbocycles. The summed E-state index contributed by atoms with van der Waals surface area (Å²) in [5.74, 6) is 0.884. The van der Waals surface area contributed by atoms with Gasteiger partial charge in [-0.15, -0.1) is 0 Å². The molecular weight excluding hydrogens is 328 g/mol. The Kier molecular flexibility index (Phi) is 30.8. The summed E-state index contributed by atoms with van der Waals surface area (Å²) in [6.07, 6.45) is 5.39. The minimum atomic E-state index is -0.0559. The fourth-order valence-corrected chi connectivity index (χ4v) is 1.32. The van der Waals surface area contributed by atoms with Crippen molar-refractivity contribution >= 4 is 6.21 Å². The summed E-state index contributed by atoms with van der Waals surface area (Å²) < 4.78 is 0. The topological polar surface area (TPSA) is 38.4 Å². The van der Waals surface area contributed by atoms with Crippen molar-refractivity contribution in [2.24, 2.45) is 16.6 Å². The van der Waals surface area contributed by atoms with E-state index in [0.717, 1.165) is 17.9 Å². The molecule has 1 rings (SSSR count). The number of nitrogens with two attached hydrogens (primary N) is 1. The first-order chi connectivity index (χ1) is 12.7. The Morgan fingerprint density at radius 2 is 1.33 bits per heavy atom. The smallest absolute Gasteiger partial charge is 0.0564 e. The first-order valence-corrected chi connectivity index (χ1v) is 11.0. The van der Waals surface area contributed by atoms with Crippen LogP contribution in [0.5, 0.6) is 0 Å². The van der Waals surface area contributed by atoms with Gasteiger partial charge in [0.2, 0.25) is 0 Å². The summed E-state index contributed by atoms with van der Waals surface area (Å²) in [6, 6.07) is 8.35. The van der Waals surface area contributed by atoms with Crippen LogP contribution in [0.3, 0.4) is 0 Å². The number of hydrogen-bond acceptors (Lipinski definition) is 2. The molecule has 0 aromatic heterocycles. The van der Waals surface area contributed by atoms with Gasteiger partial charge in [0.1, 0.15) is 0 Å². The van der Waals surface area contributed by atoms with Gasteiger partial charge in [0.05, 0.1) is 5.54 Å². The maximum absolute atomic E-state index is 5.53. The average Bonchev–Trinajstić information content (AvgIpc) is 2.66. The molecule has 0 heterocycles. The summed E-state index contributed by atoms with van der Waals surface area (Å²) in [5.41, 5.74) is 7.89. The van der Waals surface area contributed by atoms with Crippen molar-refractivity contribution in [3.05, 3.63) is 35.4 Å². The van der Waals surface area contributed by atoms with Crippen LogP contribution in [0.2, 0.25) is 0 Å². The molecule has 0 fully saturated rings. The second-order valence-electron chi connectivity index (χ2n) is 7.03. The van der Waals surface area contributed by atoms with Crippen LogP contribution >= 0.6 is 0 Å². The third-order valence-electron chi connectivity index (χ3n) is 3.21. The monoisotopic (exact) mass is 380 g/mol. The Hall–Kier alpha value is -1.15. The van der Waals surface area contributed by atoms with Crippen LogP contribution < -0.4 is 5.73 Å². The normalized spacial score (nSPS) is 9.70. The highest BCUT2D eigenvalue weighted by atomic mass is 14.8. The highest BCUT2D eigenvalue weighted by Crippen LogP contribution is 2.13. The molecule has 0 aliphatic rings. The molecule has 0 amide bonds. The van der Waals surface area contributed by atoms with Crippen LogP contribution in [0.4, 0.5) is 0 Å². The molecule has 2 N–H and O–H groups in total. The van der Waals surface area contributed by atoms with Gasteiger partial charge in [-0.3, -0.25) is 4.99 Å². The Labute approximate surface area is 173 Å². The Morgan fingerprint density at radius 1 is 0.963 bits per heavy atom. The van der Waals surface area contributed by atoms with E-state index in [1.807, 2.05) is 33.9 Å². The van der Waals surface area contributed by atoms with Gasteiger partial charge in [-0.25, -0.2) is 0 Å². The zero-order valence-corrected chi connectivity index (χ0v) is 20.8. The number of hydrogen-bond donors (Lipinski definition) is 1. The molecule has 2 nitrogen and oxygen atoms in total. The maximum Gasteiger partial charge on any atom is 0.0564 e. The molecule has 27 heavy (non-hydrogen) atoms. The highest BCUT2D eigenvalue weighted by Gasteiger charge is 2.12. The van der Waals surface area contributed by atoms with E-state index in [2.05, 4.69) is 84.6 Å². The van der Waals surface area contributed by atoms with Crippen molar-refractivity contribution in [1.29, 1.82) is 0 Å². The number of benzene rings is 1. The van der Waals surface area contributed by atoms with E-state index in [1.54, 1.807) is 0 Å². The Morgan fingerprint density at radius 3 is 1.63 bits per heavy atom. The van der Waals surface area contributed by atoms with Gasteiger partial charge in [-0.05, 0) is 45.2 Å². The van der Waals surface area contributed by atoms with E-state index in [0.29, 0.717) is 6.54 Å². The zero-order chi connectivity index (χ0) is 22.3. The van der Waals surface area contributed by atoms with Crippen LogP contribution in [0, 0.1) is 12.8 Å². The minimum Gasteiger partial charge on any atom is -0.330 e. The van der Waals surface area contributed by atoms with Crippen molar-refractivity contribution < 1.29 is 0 Å². The van der Waals surface area contributed by atoms with Crippen LogP contribution in [-0.2, 0) is 0 Å². The fourth-order valence-electron chi connectivity index (χ4n) is 1.32. The predicted molar refractivity (Wildman–Crippen MR) is 130 cm³/mol. The largest absolute Gasteiger partial charge is 0.330 e. The molecule has 162 valence electrons. The lowest BCUT2D eigenvalue weighted by atomic mass is 10.0. The molecule has 0 unspecified atom stereocenters. The van der Waals surface area contributed by atoms with E-state index in [-0.39, 0.29) is 5.54 Å². The molecule has 1 aromatic carbocycles.